The van der Waals surface area contributed by atoms with E-state index in [0.29, 0.717) is 5.02 Å². The first kappa shape index (κ1) is 20.7. The second-order valence-corrected chi connectivity index (χ2v) is 6.91. The number of benzene rings is 2. The van der Waals surface area contributed by atoms with Crippen LogP contribution in [0.25, 0.3) is 11.0 Å². The molecule has 0 radical (unpaired) electrons. The van der Waals surface area contributed by atoms with Crippen molar-refractivity contribution in [3.05, 3.63) is 70.5 Å². The molecule has 1 amide bonds. The van der Waals surface area contributed by atoms with Gasteiger partial charge in [-0.2, -0.15) is 13.2 Å². The van der Waals surface area contributed by atoms with E-state index in [-0.39, 0.29) is 16.6 Å². The Morgan fingerprint density at radius 2 is 1.66 bits per heavy atom. The van der Waals surface area contributed by atoms with Crippen molar-refractivity contribution in [1.29, 1.82) is 0 Å². The Labute approximate surface area is 169 Å². The van der Waals surface area contributed by atoms with Crippen LogP contribution in [0.2, 0.25) is 5.02 Å². The van der Waals surface area contributed by atoms with E-state index in [1.807, 2.05) is 0 Å². The number of para-hydroxylation sites is 2. The number of carbonyl (C=O) groups excluding carboxylic acids is 1. The van der Waals surface area contributed by atoms with Gasteiger partial charge in [0.15, 0.2) is 5.69 Å². The zero-order chi connectivity index (χ0) is 21.2. The SMILES string of the molecule is CN(C)C=NC(=O)C(c1ccc(Cl)cc1)c1nc2ccccc2nc1C(F)(F)F. The third kappa shape index (κ3) is 4.71. The Morgan fingerprint density at radius 1 is 1.07 bits per heavy atom. The number of amides is 1. The van der Waals surface area contributed by atoms with E-state index in [9.17, 15) is 18.0 Å². The molecule has 0 bridgehead atoms. The molecule has 0 aliphatic rings. The van der Waals surface area contributed by atoms with E-state index >= 15 is 0 Å². The molecule has 0 fully saturated rings. The van der Waals surface area contributed by atoms with Gasteiger partial charge in [-0.3, -0.25) is 4.79 Å². The van der Waals surface area contributed by atoms with Crippen LogP contribution in [0.4, 0.5) is 13.2 Å². The summed E-state index contributed by atoms with van der Waals surface area (Å²) in [5, 5.41) is 0.386. The summed E-state index contributed by atoms with van der Waals surface area (Å²) in [5.74, 6) is -2.19. The van der Waals surface area contributed by atoms with Gasteiger partial charge in [-0.1, -0.05) is 35.9 Å². The number of nitrogens with zero attached hydrogens (tertiary/aromatic N) is 4. The zero-order valence-electron chi connectivity index (χ0n) is 15.5. The predicted molar refractivity (Wildman–Crippen MR) is 105 cm³/mol. The van der Waals surface area contributed by atoms with Crippen molar-refractivity contribution in [2.75, 3.05) is 14.1 Å². The molecule has 9 heteroatoms. The van der Waals surface area contributed by atoms with Gasteiger partial charge in [0.2, 0.25) is 0 Å². The van der Waals surface area contributed by atoms with Gasteiger partial charge in [-0.25, -0.2) is 15.0 Å². The van der Waals surface area contributed by atoms with Gasteiger partial charge in [0.05, 0.1) is 23.1 Å². The molecule has 0 saturated heterocycles. The van der Waals surface area contributed by atoms with E-state index in [4.69, 9.17) is 11.6 Å². The smallest absolute Gasteiger partial charge is 0.369 e. The molecule has 3 rings (SSSR count). The maximum Gasteiger partial charge on any atom is 0.435 e. The van der Waals surface area contributed by atoms with Crippen LogP contribution in [0.3, 0.4) is 0 Å². The lowest BCUT2D eigenvalue weighted by atomic mass is 9.92. The third-order valence-electron chi connectivity index (χ3n) is 4.01. The summed E-state index contributed by atoms with van der Waals surface area (Å²) in [4.78, 5) is 26.1. The van der Waals surface area contributed by atoms with Gasteiger partial charge in [-0.05, 0) is 29.8 Å². The minimum Gasteiger partial charge on any atom is -0.369 e. The van der Waals surface area contributed by atoms with Crippen molar-refractivity contribution in [3.63, 3.8) is 0 Å². The molecule has 0 saturated carbocycles. The lowest BCUT2D eigenvalue weighted by Gasteiger charge is -2.19. The minimum atomic E-state index is -4.80. The van der Waals surface area contributed by atoms with Crippen LogP contribution >= 0.6 is 11.6 Å². The van der Waals surface area contributed by atoms with E-state index in [1.54, 1.807) is 32.3 Å². The summed E-state index contributed by atoms with van der Waals surface area (Å²) in [6.45, 7) is 0. The fraction of sp³-hybridized carbons (Fsp3) is 0.200. The quantitative estimate of drug-likeness (QED) is 0.459. The molecule has 1 atom stereocenters. The van der Waals surface area contributed by atoms with Crippen molar-refractivity contribution in [2.24, 2.45) is 4.99 Å². The van der Waals surface area contributed by atoms with Crippen LogP contribution in [-0.2, 0) is 11.0 Å². The summed E-state index contributed by atoms with van der Waals surface area (Å²) in [5.41, 5.74) is -1.10. The number of carbonyl (C=O) groups is 1. The van der Waals surface area contributed by atoms with Gasteiger partial charge in [0, 0.05) is 19.1 Å². The molecule has 3 aromatic rings. The van der Waals surface area contributed by atoms with Gasteiger partial charge in [-0.15, -0.1) is 0 Å². The van der Waals surface area contributed by atoms with Crippen LogP contribution in [0, 0.1) is 0 Å². The van der Waals surface area contributed by atoms with Gasteiger partial charge >= 0.3 is 6.18 Å². The molecule has 1 unspecified atom stereocenters. The average Bonchev–Trinajstić information content (AvgIpc) is 2.66. The number of halogens is 4. The summed E-state index contributed by atoms with van der Waals surface area (Å²) < 4.78 is 41.4. The highest BCUT2D eigenvalue weighted by Gasteiger charge is 2.41. The fourth-order valence-corrected chi connectivity index (χ4v) is 2.87. The van der Waals surface area contributed by atoms with E-state index in [1.165, 1.54) is 41.6 Å². The highest BCUT2D eigenvalue weighted by atomic mass is 35.5. The first-order valence-electron chi connectivity index (χ1n) is 8.50. The van der Waals surface area contributed by atoms with Gasteiger partial charge in [0.25, 0.3) is 5.91 Å². The number of alkyl halides is 3. The summed E-state index contributed by atoms with van der Waals surface area (Å²) in [6, 6.07) is 12.1. The monoisotopic (exact) mass is 420 g/mol. The lowest BCUT2D eigenvalue weighted by Crippen LogP contribution is -2.22. The number of hydrogen-bond donors (Lipinski definition) is 0. The fourth-order valence-electron chi connectivity index (χ4n) is 2.74. The van der Waals surface area contributed by atoms with Crippen molar-refractivity contribution >= 4 is 34.9 Å². The van der Waals surface area contributed by atoms with E-state index < -0.39 is 29.4 Å². The third-order valence-corrected chi connectivity index (χ3v) is 4.26. The standard InChI is InChI=1S/C20H16ClF3N4O/c1-28(2)11-25-19(29)16(12-7-9-13(21)10-8-12)17-18(20(22,23)24)27-15-6-4-3-5-14(15)26-17/h3-11,16H,1-2H3. The largest absolute Gasteiger partial charge is 0.435 e. The highest BCUT2D eigenvalue weighted by Crippen LogP contribution is 2.37. The van der Waals surface area contributed by atoms with Gasteiger partial charge in [0.1, 0.15) is 5.92 Å². The van der Waals surface area contributed by atoms with E-state index in [2.05, 4.69) is 15.0 Å². The molecular formula is C20H16ClF3N4O. The van der Waals surface area contributed by atoms with Crippen LogP contribution in [0.1, 0.15) is 22.9 Å². The molecule has 0 N–H and O–H groups in total. The Kier molecular flexibility index (Phi) is 5.83. The molecule has 2 aromatic carbocycles. The second kappa shape index (κ2) is 8.16. The molecule has 0 aliphatic carbocycles. The maximum atomic E-state index is 13.8. The second-order valence-electron chi connectivity index (χ2n) is 6.47. The molecule has 150 valence electrons. The molecule has 0 spiro atoms. The summed E-state index contributed by atoms with van der Waals surface area (Å²) >= 11 is 5.90. The Morgan fingerprint density at radius 3 is 2.21 bits per heavy atom. The number of aliphatic imine (C=N–C) groups is 1. The molecule has 5 nitrogen and oxygen atoms in total. The molecule has 0 aliphatic heterocycles. The first-order valence-corrected chi connectivity index (χ1v) is 8.88. The van der Waals surface area contributed by atoms with Crippen LogP contribution < -0.4 is 0 Å². The minimum absolute atomic E-state index is 0.0858. The number of fused-ring (bicyclic) bond motifs is 1. The van der Waals surface area contributed by atoms with Gasteiger partial charge < -0.3 is 4.90 Å². The summed E-state index contributed by atoms with van der Waals surface area (Å²) in [7, 11) is 3.29. The zero-order valence-corrected chi connectivity index (χ0v) is 16.2. The van der Waals surface area contributed by atoms with Crippen molar-refractivity contribution < 1.29 is 18.0 Å². The van der Waals surface area contributed by atoms with Crippen molar-refractivity contribution in [1.82, 2.24) is 14.9 Å². The molecule has 1 heterocycles. The number of hydrogen-bond acceptors (Lipinski definition) is 3. The van der Waals surface area contributed by atoms with Crippen LogP contribution in [-0.4, -0.2) is 41.2 Å². The topological polar surface area (TPSA) is 58.5 Å². The molecular weight excluding hydrogens is 405 g/mol. The lowest BCUT2D eigenvalue weighted by molar-refractivity contribution is -0.142. The average molecular weight is 421 g/mol. The van der Waals surface area contributed by atoms with Crippen molar-refractivity contribution in [2.45, 2.75) is 12.1 Å². The van der Waals surface area contributed by atoms with Crippen molar-refractivity contribution in [3.8, 4) is 0 Å². The predicted octanol–water partition coefficient (Wildman–Crippen LogP) is 4.55. The number of aromatic nitrogens is 2. The first-order chi connectivity index (χ1) is 13.7. The number of rotatable bonds is 4. The Bertz CT molecular complexity index is 1070. The Balaban J connectivity index is 2.27. The summed E-state index contributed by atoms with van der Waals surface area (Å²) in [6.07, 6.45) is -3.57. The Hall–Kier alpha value is -3.00. The van der Waals surface area contributed by atoms with Crippen LogP contribution in [0.5, 0.6) is 0 Å². The maximum absolute atomic E-state index is 13.8. The normalized spacial score (nSPS) is 13.0. The van der Waals surface area contributed by atoms with Crippen LogP contribution in [0.15, 0.2) is 53.5 Å². The highest BCUT2D eigenvalue weighted by molar-refractivity contribution is 6.30. The molecule has 1 aromatic heterocycles. The van der Waals surface area contributed by atoms with E-state index in [0.717, 1.165) is 0 Å². The molecule has 29 heavy (non-hydrogen) atoms.